The van der Waals surface area contributed by atoms with Crippen LogP contribution in [-0.4, -0.2) is 4.98 Å². The molecule has 0 bridgehead atoms. The third-order valence-electron chi connectivity index (χ3n) is 2.63. The molecule has 0 spiro atoms. The van der Waals surface area contributed by atoms with Gasteiger partial charge in [-0.25, -0.2) is 0 Å². The third kappa shape index (κ3) is 2.31. The maximum atomic E-state index is 6.20. The highest BCUT2D eigenvalue weighted by Crippen LogP contribution is 2.26. The molecule has 0 fully saturated rings. The number of pyridine rings is 1. The number of hydrogen-bond donors (Lipinski definition) is 1. The topological polar surface area (TPSA) is 38.9 Å². The molecule has 3 heteroatoms. The quantitative estimate of drug-likeness (QED) is 0.883. The Bertz CT molecular complexity index is 459. The first kappa shape index (κ1) is 11.3. The summed E-state index contributed by atoms with van der Waals surface area (Å²) in [5.41, 5.74) is 8.31. The Labute approximate surface area is 100 Å². The van der Waals surface area contributed by atoms with Crippen LogP contribution >= 0.6 is 11.3 Å². The highest BCUT2D eigenvalue weighted by Gasteiger charge is 2.11. The summed E-state index contributed by atoms with van der Waals surface area (Å²) < 4.78 is 0. The van der Waals surface area contributed by atoms with E-state index in [0.29, 0.717) is 0 Å². The van der Waals surface area contributed by atoms with Crippen molar-refractivity contribution in [3.05, 3.63) is 51.5 Å². The number of hydrogen-bond acceptors (Lipinski definition) is 3. The molecule has 0 aliphatic carbocycles. The van der Waals surface area contributed by atoms with Gasteiger partial charge in [-0.15, -0.1) is 11.3 Å². The zero-order valence-electron chi connectivity index (χ0n) is 9.60. The zero-order valence-corrected chi connectivity index (χ0v) is 10.4. The molecule has 1 atom stereocenters. The average Bonchev–Trinajstić information content (AvgIpc) is 2.77. The summed E-state index contributed by atoms with van der Waals surface area (Å²) >= 11 is 1.79. The van der Waals surface area contributed by atoms with E-state index in [1.807, 2.05) is 19.2 Å². The van der Waals surface area contributed by atoms with Gasteiger partial charge in [0.25, 0.3) is 0 Å². The van der Waals surface area contributed by atoms with E-state index >= 15 is 0 Å². The van der Waals surface area contributed by atoms with E-state index in [9.17, 15) is 0 Å². The van der Waals surface area contributed by atoms with E-state index in [1.165, 1.54) is 9.75 Å². The Morgan fingerprint density at radius 3 is 2.69 bits per heavy atom. The second kappa shape index (κ2) is 4.76. The van der Waals surface area contributed by atoms with E-state index in [1.54, 1.807) is 11.3 Å². The van der Waals surface area contributed by atoms with Gasteiger partial charge in [-0.1, -0.05) is 13.0 Å². The maximum Gasteiger partial charge on any atom is 0.0661 e. The zero-order chi connectivity index (χ0) is 11.5. The number of thiophene rings is 1. The predicted octanol–water partition coefficient (Wildman–Crippen LogP) is 3.06. The molecule has 2 N–H and O–H groups in total. The number of rotatable bonds is 3. The van der Waals surface area contributed by atoms with Gasteiger partial charge in [0.05, 0.1) is 6.04 Å². The first-order valence-corrected chi connectivity index (χ1v) is 6.29. The van der Waals surface area contributed by atoms with Crippen LogP contribution in [0.3, 0.4) is 0 Å². The smallest absolute Gasteiger partial charge is 0.0661 e. The van der Waals surface area contributed by atoms with Crippen molar-refractivity contribution in [1.29, 1.82) is 0 Å². The average molecular weight is 232 g/mol. The first-order valence-electron chi connectivity index (χ1n) is 5.47. The van der Waals surface area contributed by atoms with Crippen LogP contribution in [0.5, 0.6) is 0 Å². The van der Waals surface area contributed by atoms with E-state index in [-0.39, 0.29) is 6.04 Å². The van der Waals surface area contributed by atoms with Crippen LogP contribution in [0.25, 0.3) is 0 Å². The molecular formula is C13H16N2S. The molecule has 0 aliphatic rings. The number of nitrogens with zero attached hydrogens (tertiary/aromatic N) is 1. The van der Waals surface area contributed by atoms with Crippen LogP contribution in [0.4, 0.5) is 0 Å². The Morgan fingerprint density at radius 2 is 2.12 bits per heavy atom. The van der Waals surface area contributed by atoms with Crippen molar-refractivity contribution in [2.45, 2.75) is 26.3 Å². The summed E-state index contributed by atoms with van der Waals surface area (Å²) in [6.07, 6.45) is 2.94. The summed E-state index contributed by atoms with van der Waals surface area (Å²) in [6, 6.07) is 8.29. The fourth-order valence-electron chi connectivity index (χ4n) is 1.58. The van der Waals surface area contributed by atoms with Crippen LogP contribution < -0.4 is 5.73 Å². The molecule has 84 valence electrons. The minimum absolute atomic E-state index is 0.0431. The highest BCUT2D eigenvalue weighted by molar-refractivity contribution is 7.12. The van der Waals surface area contributed by atoms with Crippen LogP contribution in [-0.2, 0) is 6.42 Å². The molecular weight excluding hydrogens is 216 g/mol. The van der Waals surface area contributed by atoms with Crippen LogP contribution in [0.15, 0.2) is 30.5 Å². The molecule has 16 heavy (non-hydrogen) atoms. The van der Waals surface area contributed by atoms with Crippen LogP contribution in [0, 0.1) is 6.92 Å². The fourth-order valence-corrected chi connectivity index (χ4v) is 2.56. The van der Waals surface area contributed by atoms with Gasteiger partial charge in [0.2, 0.25) is 0 Å². The van der Waals surface area contributed by atoms with Gasteiger partial charge in [0, 0.05) is 21.6 Å². The molecule has 0 aliphatic heterocycles. The van der Waals surface area contributed by atoms with E-state index < -0.39 is 0 Å². The summed E-state index contributed by atoms with van der Waals surface area (Å²) in [5.74, 6) is 0. The molecule has 0 aromatic carbocycles. The number of aryl methyl sites for hydroxylation is 2. The molecule has 2 heterocycles. The number of nitrogens with two attached hydrogens (primary N) is 1. The molecule has 0 saturated heterocycles. The Morgan fingerprint density at radius 1 is 1.31 bits per heavy atom. The lowest BCUT2D eigenvalue weighted by Gasteiger charge is -2.09. The van der Waals surface area contributed by atoms with E-state index in [0.717, 1.165) is 17.7 Å². The Hall–Kier alpha value is -1.19. The fraction of sp³-hybridized carbons (Fsp3) is 0.308. The van der Waals surface area contributed by atoms with Crippen LogP contribution in [0.1, 0.15) is 34.0 Å². The van der Waals surface area contributed by atoms with E-state index in [2.05, 4.69) is 30.1 Å². The van der Waals surface area contributed by atoms with Crippen molar-refractivity contribution >= 4 is 11.3 Å². The van der Waals surface area contributed by atoms with Crippen LogP contribution in [0.2, 0.25) is 0 Å². The second-order valence-corrected chi connectivity index (χ2v) is 5.07. The molecule has 2 rings (SSSR count). The molecule has 2 aromatic heterocycles. The molecule has 2 aromatic rings. The lowest BCUT2D eigenvalue weighted by atomic mass is 10.1. The normalized spacial score (nSPS) is 12.7. The Kier molecular flexibility index (Phi) is 3.36. The van der Waals surface area contributed by atoms with Gasteiger partial charge in [0.1, 0.15) is 0 Å². The van der Waals surface area contributed by atoms with Crippen molar-refractivity contribution in [3.63, 3.8) is 0 Å². The van der Waals surface area contributed by atoms with Gasteiger partial charge >= 0.3 is 0 Å². The molecule has 0 radical (unpaired) electrons. The third-order valence-corrected chi connectivity index (χ3v) is 3.94. The van der Waals surface area contributed by atoms with Crippen molar-refractivity contribution in [1.82, 2.24) is 4.98 Å². The summed E-state index contributed by atoms with van der Waals surface area (Å²) in [5, 5.41) is 0. The summed E-state index contributed by atoms with van der Waals surface area (Å²) in [7, 11) is 0. The maximum absolute atomic E-state index is 6.20. The second-order valence-electron chi connectivity index (χ2n) is 3.87. The van der Waals surface area contributed by atoms with Gasteiger partial charge in [-0.2, -0.15) is 0 Å². The van der Waals surface area contributed by atoms with E-state index in [4.69, 9.17) is 5.73 Å². The van der Waals surface area contributed by atoms with Crippen molar-refractivity contribution in [2.24, 2.45) is 5.73 Å². The predicted molar refractivity (Wildman–Crippen MR) is 68.7 cm³/mol. The molecule has 0 amide bonds. The summed E-state index contributed by atoms with van der Waals surface area (Å²) in [4.78, 5) is 6.87. The summed E-state index contributed by atoms with van der Waals surface area (Å²) in [6.45, 7) is 4.14. The van der Waals surface area contributed by atoms with Gasteiger partial charge in [0.15, 0.2) is 0 Å². The van der Waals surface area contributed by atoms with Gasteiger partial charge < -0.3 is 5.73 Å². The monoisotopic (exact) mass is 232 g/mol. The standard InChI is InChI=1S/C13H16N2S/c1-3-11-6-7-12(16-11)13(14)10-5-4-9(2)15-8-10/h4-8,13H,3,14H2,1-2H3. The number of aromatic nitrogens is 1. The lowest BCUT2D eigenvalue weighted by Crippen LogP contribution is -2.10. The largest absolute Gasteiger partial charge is 0.320 e. The van der Waals surface area contributed by atoms with Gasteiger partial charge in [-0.05, 0) is 37.1 Å². The highest BCUT2D eigenvalue weighted by atomic mass is 32.1. The SMILES string of the molecule is CCc1ccc(C(N)c2ccc(C)nc2)s1. The minimum Gasteiger partial charge on any atom is -0.320 e. The molecule has 1 unspecified atom stereocenters. The molecule has 2 nitrogen and oxygen atoms in total. The molecule has 0 saturated carbocycles. The van der Waals surface area contributed by atoms with Crippen molar-refractivity contribution in [2.75, 3.05) is 0 Å². The van der Waals surface area contributed by atoms with Crippen molar-refractivity contribution < 1.29 is 0 Å². The van der Waals surface area contributed by atoms with Gasteiger partial charge in [-0.3, -0.25) is 4.98 Å². The van der Waals surface area contributed by atoms with Crippen molar-refractivity contribution in [3.8, 4) is 0 Å². The lowest BCUT2D eigenvalue weighted by molar-refractivity contribution is 0.881. The Balaban J connectivity index is 2.24. The minimum atomic E-state index is -0.0431. The first-order chi connectivity index (χ1) is 7.70.